The van der Waals surface area contributed by atoms with Gasteiger partial charge in [-0.3, -0.25) is 9.89 Å². The molecule has 1 amide bonds. The van der Waals surface area contributed by atoms with Gasteiger partial charge in [-0.05, 0) is 24.1 Å². The number of benzene rings is 1. The molecule has 1 N–H and O–H groups in total. The summed E-state index contributed by atoms with van der Waals surface area (Å²) in [6.45, 7) is 2.53. The molecule has 112 valence electrons. The molecule has 2 aromatic rings. The molecule has 1 aromatic heterocycles. The number of amides is 1. The van der Waals surface area contributed by atoms with Crippen molar-refractivity contribution in [2.45, 2.75) is 26.3 Å². The first-order chi connectivity index (χ1) is 10.1. The molecular weight excluding hydrogens is 268 g/mol. The van der Waals surface area contributed by atoms with Gasteiger partial charge in [0.25, 0.3) is 5.91 Å². The van der Waals surface area contributed by atoms with Crippen LogP contribution in [0.15, 0.2) is 24.3 Å². The third kappa shape index (κ3) is 3.81. The lowest BCUT2D eigenvalue weighted by Crippen LogP contribution is -2.27. The van der Waals surface area contributed by atoms with Crippen LogP contribution in [0.3, 0.4) is 0 Å². The molecule has 2 rings (SSSR count). The number of nitrogens with zero attached hydrogens (tertiary/aromatic N) is 3. The third-order valence-electron chi connectivity index (χ3n) is 3.11. The van der Waals surface area contributed by atoms with Gasteiger partial charge in [0.15, 0.2) is 0 Å². The van der Waals surface area contributed by atoms with Crippen LogP contribution in [0.4, 0.5) is 0 Å². The zero-order valence-electron chi connectivity index (χ0n) is 12.6. The zero-order chi connectivity index (χ0) is 15.2. The van der Waals surface area contributed by atoms with E-state index in [0.29, 0.717) is 6.54 Å². The second-order valence-electron chi connectivity index (χ2n) is 4.87. The lowest BCUT2D eigenvalue weighted by molar-refractivity contribution is 0.0773. The molecule has 0 fully saturated rings. The summed E-state index contributed by atoms with van der Waals surface area (Å²) in [6, 6.07) is 7.63. The molecule has 0 aliphatic carbocycles. The number of methoxy groups -OCH3 is 1. The Hall–Kier alpha value is -2.37. The van der Waals surface area contributed by atoms with Gasteiger partial charge in [0.05, 0.1) is 7.11 Å². The van der Waals surface area contributed by atoms with E-state index in [1.54, 1.807) is 19.1 Å². The molecule has 6 nitrogen and oxygen atoms in total. The summed E-state index contributed by atoms with van der Waals surface area (Å²) in [7, 11) is 3.36. The van der Waals surface area contributed by atoms with Crippen molar-refractivity contribution >= 4 is 5.91 Å². The van der Waals surface area contributed by atoms with E-state index in [9.17, 15) is 4.79 Å². The predicted molar refractivity (Wildman–Crippen MR) is 79.2 cm³/mol. The first kappa shape index (κ1) is 15.0. The smallest absolute Gasteiger partial charge is 0.293 e. The van der Waals surface area contributed by atoms with Crippen molar-refractivity contribution in [3.05, 3.63) is 41.5 Å². The Balaban J connectivity index is 2.04. The highest BCUT2D eigenvalue weighted by Gasteiger charge is 2.17. The summed E-state index contributed by atoms with van der Waals surface area (Å²) in [6.07, 6.45) is 1.75. The Bertz CT molecular complexity index is 609. The molecule has 1 heterocycles. The summed E-state index contributed by atoms with van der Waals surface area (Å²) >= 11 is 0. The monoisotopic (exact) mass is 288 g/mol. The normalized spacial score (nSPS) is 10.4. The highest BCUT2D eigenvalue weighted by atomic mass is 16.5. The number of aromatic amines is 1. The molecule has 0 radical (unpaired) electrons. The summed E-state index contributed by atoms with van der Waals surface area (Å²) in [4.78, 5) is 18.1. The minimum absolute atomic E-state index is 0.198. The van der Waals surface area contributed by atoms with Gasteiger partial charge in [-0.25, -0.2) is 4.98 Å². The summed E-state index contributed by atoms with van der Waals surface area (Å²) in [5.41, 5.74) is 0.995. The number of carbonyl (C=O) groups is 1. The van der Waals surface area contributed by atoms with E-state index in [4.69, 9.17) is 4.74 Å². The lowest BCUT2D eigenvalue weighted by Gasteiger charge is -2.15. The average Bonchev–Trinajstić information content (AvgIpc) is 2.95. The first-order valence-electron chi connectivity index (χ1n) is 6.93. The fourth-order valence-electron chi connectivity index (χ4n) is 2.03. The molecule has 0 saturated heterocycles. The SMILES string of the molecule is CCCc1nc(C(=O)N(C)Cc2cccc(OC)c2)n[nH]1. The molecule has 0 unspecified atom stereocenters. The molecule has 0 atom stereocenters. The van der Waals surface area contributed by atoms with Crippen molar-refractivity contribution in [1.82, 2.24) is 20.1 Å². The van der Waals surface area contributed by atoms with Crippen molar-refractivity contribution in [3.63, 3.8) is 0 Å². The Labute approximate surface area is 124 Å². The van der Waals surface area contributed by atoms with Gasteiger partial charge in [-0.2, -0.15) is 0 Å². The van der Waals surface area contributed by atoms with Crippen molar-refractivity contribution in [2.75, 3.05) is 14.2 Å². The van der Waals surface area contributed by atoms with E-state index in [-0.39, 0.29) is 11.7 Å². The maximum Gasteiger partial charge on any atom is 0.293 e. The van der Waals surface area contributed by atoms with E-state index < -0.39 is 0 Å². The van der Waals surface area contributed by atoms with Crippen LogP contribution in [-0.4, -0.2) is 40.1 Å². The van der Waals surface area contributed by atoms with E-state index >= 15 is 0 Å². The van der Waals surface area contributed by atoms with Crippen molar-refractivity contribution in [3.8, 4) is 5.75 Å². The van der Waals surface area contributed by atoms with Crippen molar-refractivity contribution in [2.24, 2.45) is 0 Å². The summed E-state index contributed by atoms with van der Waals surface area (Å²) < 4.78 is 5.18. The zero-order valence-corrected chi connectivity index (χ0v) is 12.6. The number of ether oxygens (including phenoxy) is 1. The number of carbonyl (C=O) groups excluding carboxylic acids is 1. The maximum atomic E-state index is 12.3. The largest absolute Gasteiger partial charge is 0.497 e. The van der Waals surface area contributed by atoms with Gasteiger partial charge >= 0.3 is 0 Å². The van der Waals surface area contributed by atoms with Crippen molar-refractivity contribution in [1.29, 1.82) is 0 Å². The van der Waals surface area contributed by atoms with Gasteiger partial charge < -0.3 is 9.64 Å². The number of H-pyrrole nitrogens is 1. The van der Waals surface area contributed by atoms with Gasteiger partial charge in [0.2, 0.25) is 5.82 Å². The first-order valence-corrected chi connectivity index (χ1v) is 6.93. The van der Waals surface area contributed by atoms with Gasteiger partial charge in [0.1, 0.15) is 11.6 Å². The van der Waals surface area contributed by atoms with Crippen LogP contribution in [-0.2, 0) is 13.0 Å². The van der Waals surface area contributed by atoms with Crippen molar-refractivity contribution < 1.29 is 9.53 Å². The van der Waals surface area contributed by atoms with E-state index in [0.717, 1.165) is 30.0 Å². The fraction of sp³-hybridized carbons (Fsp3) is 0.400. The highest BCUT2D eigenvalue weighted by molar-refractivity contribution is 5.90. The van der Waals surface area contributed by atoms with Crippen LogP contribution in [0.1, 0.15) is 35.4 Å². The molecule has 0 bridgehead atoms. The number of aryl methyl sites for hydroxylation is 1. The van der Waals surface area contributed by atoms with E-state index in [1.165, 1.54) is 0 Å². The Kier molecular flexibility index (Phi) is 4.92. The van der Waals surface area contributed by atoms with E-state index in [1.807, 2.05) is 24.3 Å². The topological polar surface area (TPSA) is 71.1 Å². The highest BCUT2D eigenvalue weighted by Crippen LogP contribution is 2.14. The van der Waals surface area contributed by atoms with Crippen LogP contribution < -0.4 is 4.74 Å². The Morgan fingerprint density at radius 3 is 2.95 bits per heavy atom. The Morgan fingerprint density at radius 1 is 1.43 bits per heavy atom. The standard InChI is InChI=1S/C15H20N4O2/c1-4-6-13-16-14(18-17-13)15(20)19(2)10-11-7-5-8-12(9-11)21-3/h5,7-9H,4,6,10H2,1-3H3,(H,16,17,18). The predicted octanol–water partition coefficient (Wildman–Crippen LogP) is 2.04. The number of hydrogen-bond donors (Lipinski definition) is 1. The Morgan fingerprint density at radius 2 is 2.24 bits per heavy atom. The molecule has 6 heteroatoms. The van der Waals surface area contributed by atoms with Crippen LogP contribution in [0.2, 0.25) is 0 Å². The number of nitrogens with one attached hydrogen (secondary N) is 1. The molecule has 0 aliphatic rings. The minimum atomic E-state index is -0.198. The summed E-state index contributed by atoms with van der Waals surface area (Å²) in [5, 5.41) is 6.78. The maximum absolute atomic E-state index is 12.3. The molecule has 0 saturated carbocycles. The van der Waals surface area contributed by atoms with Crippen LogP contribution >= 0.6 is 0 Å². The second-order valence-corrected chi connectivity index (χ2v) is 4.87. The van der Waals surface area contributed by atoms with Crippen LogP contribution in [0.25, 0.3) is 0 Å². The van der Waals surface area contributed by atoms with Crippen LogP contribution in [0, 0.1) is 0 Å². The van der Waals surface area contributed by atoms with Crippen LogP contribution in [0.5, 0.6) is 5.75 Å². The number of hydrogen-bond acceptors (Lipinski definition) is 4. The second kappa shape index (κ2) is 6.88. The molecular formula is C15H20N4O2. The number of aromatic nitrogens is 3. The van der Waals surface area contributed by atoms with Gasteiger partial charge in [-0.1, -0.05) is 19.1 Å². The molecule has 0 spiro atoms. The average molecular weight is 288 g/mol. The molecule has 1 aromatic carbocycles. The van der Waals surface area contributed by atoms with E-state index in [2.05, 4.69) is 22.1 Å². The quantitative estimate of drug-likeness (QED) is 0.883. The summed E-state index contributed by atoms with van der Waals surface area (Å²) in [5.74, 6) is 1.53. The fourth-order valence-corrected chi connectivity index (χ4v) is 2.03. The third-order valence-corrected chi connectivity index (χ3v) is 3.11. The molecule has 0 aliphatic heterocycles. The van der Waals surface area contributed by atoms with Gasteiger partial charge in [0, 0.05) is 20.0 Å². The number of rotatable bonds is 6. The molecule has 21 heavy (non-hydrogen) atoms. The minimum Gasteiger partial charge on any atom is -0.497 e. The van der Waals surface area contributed by atoms with Gasteiger partial charge in [-0.15, -0.1) is 5.10 Å². The lowest BCUT2D eigenvalue weighted by atomic mass is 10.2.